The molecule has 0 unspecified atom stereocenters. The van der Waals surface area contributed by atoms with Crippen LogP contribution in [0, 0.1) is 0 Å². The van der Waals surface area contributed by atoms with E-state index in [1.807, 2.05) is 56.3 Å². The molecular weight excluding hydrogens is 460 g/mol. The molecule has 0 fully saturated rings. The molecule has 0 bridgehead atoms. The lowest BCUT2D eigenvalue weighted by molar-refractivity contribution is -0.116. The molecular formula is C27H24N4O3S. The van der Waals surface area contributed by atoms with Crippen LogP contribution in [0.1, 0.15) is 19.7 Å². The van der Waals surface area contributed by atoms with E-state index < -0.39 is 0 Å². The van der Waals surface area contributed by atoms with Crippen LogP contribution in [0.2, 0.25) is 0 Å². The SMILES string of the molecule is CCOc1ccc(NC(=O)Cn2c(CC)nc3c(sc4nc(-c5ccccc5)ccc43)c2=O)cc1. The third-order valence-electron chi connectivity index (χ3n) is 5.66. The Kier molecular flexibility index (Phi) is 6.29. The van der Waals surface area contributed by atoms with Gasteiger partial charge in [-0.15, -0.1) is 11.3 Å². The Hall–Kier alpha value is -4.04. The summed E-state index contributed by atoms with van der Waals surface area (Å²) in [5, 5.41) is 3.70. The Labute approximate surface area is 206 Å². The zero-order chi connectivity index (χ0) is 24.4. The number of hydrogen-bond donors (Lipinski definition) is 1. The fourth-order valence-electron chi connectivity index (χ4n) is 4.00. The largest absolute Gasteiger partial charge is 0.494 e. The smallest absolute Gasteiger partial charge is 0.272 e. The van der Waals surface area contributed by atoms with Gasteiger partial charge in [-0.25, -0.2) is 9.97 Å². The van der Waals surface area contributed by atoms with Crippen LogP contribution in [0.3, 0.4) is 0 Å². The Bertz CT molecular complexity index is 1570. The summed E-state index contributed by atoms with van der Waals surface area (Å²) in [6, 6.07) is 21.0. The second kappa shape index (κ2) is 9.68. The highest BCUT2D eigenvalue weighted by Crippen LogP contribution is 2.31. The van der Waals surface area contributed by atoms with Crippen molar-refractivity contribution >= 4 is 43.4 Å². The maximum absolute atomic E-state index is 13.4. The van der Waals surface area contributed by atoms with Crippen LogP contribution in [-0.2, 0) is 17.8 Å². The van der Waals surface area contributed by atoms with E-state index in [0.29, 0.717) is 34.8 Å². The van der Waals surface area contributed by atoms with Gasteiger partial charge in [0, 0.05) is 23.1 Å². The van der Waals surface area contributed by atoms with Crippen molar-refractivity contribution in [3.05, 3.63) is 82.9 Å². The van der Waals surface area contributed by atoms with Gasteiger partial charge < -0.3 is 10.1 Å². The molecule has 0 saturated carbocycles. The van der Waals surface area contributed by atoms with Gasteiger partial charge >= 0.3 is 0 Å². The van der Waals surface area contributed by atoms with E-state index in [0.717, 1.165) is 27.2 Å². The Morgan fingerprint density at radius 3 is 2.49 bits per heavy atom. The van der Waals surface area contributed by atoms with E-state index in [2.05, 4.69) is 5.32 Å². The van der Waals surface area contributed by atoms with Gasteiger partial charge in [-0.1, -0.05) is 37.3 Å². The summed E-state index contributed by atoms with van der Waals surface area (Å²) in [6.07, 6.45) is 0.522. The van der Waals surface area contributed by atoms with Crippen molar-refractivity contribution in [3.63, 3.8) is 0 Å². The van der Waals surface area contributed by atoms with Crippen molar-refractivity contribution in [2.75, 3.05) is 11.9 Å². The lowest BCUT2D eigenvalue weighted by Gasteiger charge is -2.12. The number of fused-ring (bicyclic) bond motifs is 3. The molecule has 5 aromatic rings. The number of thiophene rings is 1. The maximum atomic E-state index is 13.4. The third kappa shape index (κ3) is 4.52. The van der Waals surface area contributed by atoms with Gasteiger partial charge in [0.2, 0.25) is 5.91 Å². The van der Waals surface area contributed by atoms with Crippen LogP contribution < -0.4 is 15.6 Å². The molecule has 0 aliphatic heterocycles. The zero-order valence-corrected chi connectivity index (χ0v) is 20.3. The molecule has 2 aromatic carbocycles. The van der Waals surface area contributed by atoms with Crippen LogP contribution >= 0.6 is 11.3 Å². The highest BCUT2D eigenvalue weighted by atomic mass is 32.1. The highest BCUT2D eigenvalue weighted by molar-refractivity contribution is 7.25. The number of carbonyl (C=O) groups excluding carboxylic acids is 1. The van der Waals surface area contributed by atoms with Gasteiger partial charge in [0.25, 0.3) is 5.56 Å². The molecule has 3 aromatic heterocycles. The fourth-order valence-corrected chi connectivity index (χ4v) is 5.06. The molecule has 0 saturated heterocycles. The number of aromatic nitrogens is 3. The number of carbonyl (C=O) groups is 1. The number of ether oxygens (including phenoxy) is 1. The summed E-state index contributed by atoms with van der Waals surface area (Å²) in [7, 11) is 0. The topological polar surface area (TPSA) is 86.1 Å². The minimum absolute atomic E-state index is 0.116. The normalized spacial score (nSPS) is 11.1. The van der Waals surface area contributed by atoms with E-state index in [-0.39, 0.29) is 18.0 Å². The number of pyridine rings is 1. The fraction of sp³-hybridized carbons (Fsp3) is 0.185. The Morgan fingerprint density at radius 1 is 1.00 bits per heavy atom. The average Bonchev–Trinajstić information content (AvgIpc) is 3.25. The monoisotopic (exact) mass is 484 g/mol. The Balaban J connectivity index is 1.48. The van der Waals surface area contributed by atoms with Gasteiger partial charge in [-0.3, -0.25) is 14.2 Å². The van der Waals surface area contributed by atoms with Crippen molar-refractivity contribution in [2.45, 2.75) is 26.8 Å². The van der Waals surface area contributed by atoms with Crippen molar-refractivity contribution in [1.29, 1.82) is 0 Å². The van der Waals surface area contributed by atoms with Crippen molar-refractivity contribution in [1.82, 2.24) is 14.5 Å². The zero-order valence-electron chi connectivity index (χ0n) is 19.4. The van der Waals surface area contributed by atoms with Crippen LogP contribution in [0.5, 0.6) is 5.75 Å². The second-order valence-electron chi connectivity index (χ2n) is 7.97. The van der Waals surface area contributed by atoms with Crippen molar-refractivity contribution < 1.29 is 9.53 Å². The first-order chi connectivity index (χ1) is 17.1. The molecule has 35 heavy (non-hydrogen) atoms. The number of hydrogen-bond acceptors (Lipinski definition) is 6. The first kappa shape index (κ1) is 22.7. The number of nitrogens with one attached hydrogen (secondary N) is 1. The molecule has 5 rings (SSSR count). The second-order valence-corrected chi connectivity index (χ2v) is 8.97. The predicted octanol–water partition coefficient (Wildman–Crippen LogP) is 5.27. The van der Waals surface area contributed by atoms with Crippen LogP contribution in [0.15, 0.2) is 71.5 Å². The minimum Gasteiger partial charge on any atom is -0.494 e. The van der Waals surface area contributed by atoms with E-state index in [1.54, 1.807) is 24.3 Å². The molecule has 1 N–H and O–H groups in total. The number of nitrogens with zero attached hydrogens (tertiary/aromatic N) is 3. The predicted molar refractivity (Wildman–Crippen MR) is 140 cm³/mol. The summed E-state index contributed by atoms with van der Waals surface area (Å²) in [5.41, 5.74) is 2.91. The number of anilines is 1. The number of amides is 1. The molecule has 0 spiro atoms. The average molecular weight is 485 g/mol. The van der Waals surface area contributed by atoms with Crippen LogP contribution in [0.25, 0.3) is 31.7 Å². The van der Waals surface area contributed by atoms with Gasteiger partial charge in [0.05, 0.1) is 17.8 Å². The number of benzene rings is 2. The lowest BCUT2D eigenvalue weighted by atomic mass is 10.1. The Morgan fingerprint density at radius 2 is 1.77 bits per heavy atom. The van der Waals surface area contributed by atoms with E-state index in [4.69, 9.17) is 14.7 Å². The van der Waals surface area contributed by atoms with Gasteiger partial charge in [-0.05, 0) is 43.3 Å². The maximum Gasteiger partial charge on any atom is 0.272 e. The van der Waals surface area contributed by atoms with Gasteiger partial charge in [-0.2, -0.15) is 0 Å². The summed E-state index contributed by atoms with van der Waals surface area (Å²) >= 11 is 1.32. The standard InChI is InChI=1S/C27H24N4O3S/c1-3-22-30-24-20-14-15-21(17-8-6-5-7-9-17)29-26(20)35-25(24)27(33)31(22)16-23(32)28-18-10-12-19(13-11-18)34-4-2/h5-15H,3-4,16H2,1-2H3,(H,28,32). The van der Waals surface area contributed by atoms with E-state index >= 15 is 0 Å². The molecule has 0 aliphatic rings. The molecule has 0 radical (unpaired) electrons. The molecule has 8 heteroatoms. The molecule has 0 aliphatic carbocycles. The van der Waals surface area contributed by atoms with E-state index in [1.165, 1.54) is 15.9 Å². The van der Waals surface area contributed by atoms with Gasteiger partial charge in [0.1, 0.15) is 27.6 Å². The molecule has 1 amide bonds. The van der Waals surface area contributed by atoms with E-state index in [9.17, 15) is 9.59 Å². The molecule has 3 heterocycles. The quantitative estimate of drug-likeness (QED) is 0.340. The highest BCUT2D eigenvalue weighted by Gasteiger charge is 2.18. The first-order valence-corrected chi connectivity index (χ1v) is 12.3. The summed E-state index contributed by atoms with van der Waals surface area (Å²) < 4.78 is 7.40. The van der Waals surface area contributed by atoms with Crippen LogP contribution in [-0.4, -0.2) is 27.0 Å². The number of rotatable bonds is 7. The van der Waals surface area contributed by atoms with Crippen molar-refractivity contribution in [3.8, 4) is 17.0 Å². The number of aryl methyl sites for hydroxylation is 1. The first-order valence-electron chi connectivity index (χ1n) is 11.5. The summed E-state index contributed by atoms with van der Waals surface area (Å²) in [4.78, 5) is 36.5. The molecule has 176 valence electrons. The van der Waals surface area contributed by atoms with Crippen molar-refractivity contribution in [2.24, 2.45) is 0 Å². The lowest BCUT2D eigenvalue weighted by Crippen LogP contribution is -2.30. The molecule has 0 atom stereocenters. The van der Waals surface area contributed by atoms with Crippen LogP contribution in [0.4, 0.5) is 5.69 Å². The van der Waals surface area contributed by atoms with Gasteiger partial charge in [0.15, 0.2) is 0 Å². The third-order valence-corrected chi connectivity index (χ3v) is 6.73. The summed E-state index contributed by atoms with van der Waals surface area (Å²) in [6.45, 7) is 4.30. The molecule has 7 nitrogen and oxygen atoms in total. The minimum atomic E-state index is -0.294. The summed E-state index contributed by atoms with van der Waals surface area (Å²) in [5.74, 6) is 1.01.